The van der Waals surface area contributed by atoms with Crippen molar-refractivity contribution in [3.63, 3.8) is 0 Å². The first kappa shape index (κ1) is 13.7. The lowest BCUT2D eigenvalue weighted by Gasteiger charge is -2.05. The van der Waals surface area contributed by atoms with Crippen LogP contribution in [0.5, 0.6) is 0 Å². The van der Waals surface area contributed by atoms with E-state index in [-0.39, 0.29) is 11.5 Å². The first-order valence-corrected chi connectivity index (χ1v) is 5.47. The van der Waals surface area contributed by atoms with E-state index in [0.29, 0.717) is 0 Å². The summed E-state index contributed by atoms with van der Waals surface area (Å²) < 4.78 is 0. The van der Waals surface area contributed by atoms with Crippen LogP contribution in [0.2, 0.25) is 0 Å². The fraction of sp³-hybridized carbons (Fsp3) is 0.667. The van der Waals surface area contributed by atoms with Crippen LogP contribution in [0.1, 0.15) is 46.0 Å². The van der Waals surface area contributed by atoms with Gasteiger partial charge in [0.15, 0.2) is 0 Å². The van der Waals surface area contributed by atoms with Gasteiger partial charge in [-0.05, 0) is 12.3 Å². The van der Waals surface area contributed by atoms with Gasteiger partial charge < -0.3 is 5.11 Å². The van der Waals surface area contributed by atoms with Gasteiger partial charge in [-0.2, -0.15) is 5.26 Å². The number of aliphatic carboxylic acids is 1. The van der Waals surface area contributed by atoms with E-state index in [1.54, 1.807) is 12.1 Å². The number of carboxylic acid groups (broad SMARTS) is 1. The molecule has 0 saturated carbocycles. The van der Waals surface area contributed by atoms with E-state index in [1.165, 1.54) is 19.3 Å². The minimum atomic E-state index is -1.13. The summed E-state index contributed by atoms with van der Waals surface area (Å²) in [7, 11) is 0. The lowest BCUT2D eigenvalue weighted by atomic mass is 10.0. The molecule has 3 nitrogen and oxygen atoms in total. The molecular weight excluding hydrogens is 190 g/mol. The van der Waals surface area contributed by atoms with E-state index in [2.05, 4.69) is 6.92 Å². The molecule has 0 aromatic heterocycles. The Morgan fingerprint density at radius 1 is 1.47 bits per heavy atom. The highest BCUT2D eigenvalue weighted by Crippen LogP contribution is 2.13. The number of hydrogen-bond acceptors (Lipinski definition) is 2. The Morgan fingerprint density at radius 2 is 2.13 bits per heavy atom. The van der Waals surface area contributed by atoms with Gasteiger partial charge in [-0.3, -0.25) is 0 Å². The minimum absolute atomic E-state index is 0.141. The number of carboxylic acids is 1. The molecule has 0 aliphatic carbocycles. The molecule has 0 rings (SSSR count). The van der Waals surface area contributed by atoms with Crippen molar-refractivity contribution in [2.24, 2.45) is 5.92 Å². The monoisotopic (exact) mass is 209 g/mol. The van der Waals surface area contributed by atoms with Crippen LogP contribution in [0.15, 0.2) is 11.6 Å². The van der Waals surface area contributed by atoms with Gasteiger partial charge in [0.25, 0.3) is 0 Å². The van der Waals surface area contributed by atoms with Gasteiger partial charge in [0.2, 0.25) is 0 Å². The van der Waals surface area contributed by atoms with E-state index in [0.717, 1.165) is 12.8 Å². The lowest BCUT2D eigenvalue weighted by Crippen LogP contribution is -2.01. The molecule has 0 radical (unpaired) electrons. The van der Waals surface area contributed by atoms with E-state index < -0.39 is 5.97 Å². The third kappa shape index (κ3) is 6.73. The molecule has 0 bridgehead atoms. The number of hydrogen-bond donors (Lipinski definition) is 1. The van der Waals surface area contributed by atoms with Gasteiger partial charge in [0, 0.05) is 0 Å². The highest BCUT2D eigenvalue weighted by molar-refractivity contribution is 5.90. The topological polar surface area (TPSA) is 61.1 Å². The molecule has 0 fully saturated rings. The molecule has 0 spiro atoms. The zero-order valence-electron chi connectivity index (χ0n) is 9.49. The molecule has 0 amide bonds. The normalized spacial score (nSPS) is 13.3. The van der Waals surface area contributed by atoms with Gasteiger partial charge in [-0.25, -0.2) is 4.79 Å². The van der Waals surface area contributed by atoms with Crippen LogP contribution in [0.25, 0.3) is 0 Å². The average Bonchev–Trinajstić information content (AvgIpc) is 2.20. The van der Waals surface area contributed by atoms with Gasteiger partial charge in [-0.15, -0.1) is 0 Å². The molecule has 0 aliphatic heterocycles. The SMILES string of the molecule is CCCCCCC(C)C=C(C#N)C(=O)O. The average molecular weight is 209 g/mol. The molecule has 0 heterocycles. The van der Waals surface area contributed by atoms with Crippen molar-refractivity contribution < 1.29 is 9.90 Å². The van der Waals surface area contributed by atoms with Gasteiger partial charge >= 0.3 is 5.97 Å². The van der Waals surface area contributed by atoms with E-state index in [9.17, 15) is 4.79 Å². The Kier molecular flexibility index (Phi) is 7.35. The van der Waals surface area contributed by atoms with Crippen molar-refractivity contribution in [1.29, 1.82) is 5.26 Å². The van der Waals surface area contributed by atoms with E-state index in [1.807, 2.05) is 6.92 Å². The van der Waals surface area contributed by atoms with Gasteiger partial charge in [-0.1, -0.05) is 45.6 Å². The van der Waals surface area contributed by atoms with Crippen molar-refractivity contribution >= 4 is 5.97 Å². The second-order valence-electron chi connectivity index (χ2n) is 3.82. The summed E-state index contributed by atoms with van der Waals surface area (Å²) in [4.78, 5) is 10.6. The van der Waals surface area contributed by atoms with Crippen molar-refractivity contribution in [2.45, 2.75) is 46.0 Å². The zero-order valence-corrected chi connectivity index (χ0v) is 9.49. The molecule has 0 aliphatic rings. The number of rotatable bonds is 7. The second kappa shape index (κ2) is 8.05. The number of nitriles is 1. The van der Waals surface area contributed by atoms with Crippen molar-refractivity contribution in [3.8, 4) is 6.07 Å². The number of allylic oxidation sites excluding steroid dienone is 1. The number of nitrogens with zero attached hydrogens (tertiary/aromatic N) is 1. The molecule has 3 heteroatoms. The van der Waals surface area contributed by atoms with E-state index >= 15 is 0 Å². The molecule has 15 heavy (non-hydrogen) atoms. The maximum atomic E-state index is 10.6. The minimum Gasteiger partial charge on any atom is -0.477 e. The van der Waals surface area contributed by atoms with E-state index in [4.69, 9.17) is 10.4 Å². The summed E-state index contributed by atoms with van der Waals surface area (Å²) in [6.07, 6.45) is 7.21. The Hall–Kier alpha value is -1.30. The van der Waals surface area contributed by atoms with Gasteiger partial charge in [0.05, 0.1) is 0 Å². The largest absolute Gasteiger partial charge is 0.477 e. The molecular formula is C12H19NO2. The predicted octanol–water partition coefficient (Wildman–Crippen LogP) is 3.13. The number of carbonyl (C=O) groups is 1. The van der Waals surface area contributed by atoms with Crippen LogP contribution >= 0.6 is 0 Å². The fourth-order valence-electron chi connectivity index (χ4n) is 1.42. The molecule has 1 atom stereocenters. The standard InChI is InChI=1S/C12H19NO2/c1-3-4-5-6-7-10(2)8-11(9-13)12(14)15/h8,10H,3-7H2,1-2H3,(H,14,15). The molecule has 84 valence electrons. The van der Waals surface area contributed by atoms with Crippen molar-refractivity contribution in [2.75, 3.05) is 0 Å². The van der Waals surface area contributed by atoms with Crippen LogP contribution in [0.4, 0.5) is 0 Å². The zero-order chi connectivity index (χ0) is 11.7. The highest BCUT2D eigenvalue weighted by Gasteiger charge is 2.07. The quantitative estimate of drug-likeness (QED) is 0.398. The number of unbranched alkanes of at least 4 members (excludes halogenated alkanes) is 3. The van der Waals surface area contributed by atoms with Crippen LogP contribution in [0.3, 0.4) is 0 Å². The fourth-order valence-corrected chi connectivity index (χ4v) is 1.42. The smallest absolute Gasteiger partial charge is 0.346 e. The molecule has 0 aromatic rings. The van der Waals surface area contributed by atoms with Gasteiger partial charge in [0.1, 0.15) is 11.6 Å². The summed E-state index contributed by atoms with van der Waals surface area (Å²) in [5, 5.41) is 17.2. The van der Waals surface area contributed by atoms with Crippen molar-refractivity contribution in [3.05, 3.63) is 11.6 Å². The van der Waals surface area contributed by atoms with Crippen LogP contribution in [0, 0.1) is 17.2 Å². The van der Waals surface area contributed by atoms with Crippen LogP contribution < -0.4 is 0 Å². The summed E-state index contributed by atoms with van der Waals surface area (Å²) in [5.74, 6) is -0.953. The third-order valence-electron chi connectivity index (χ3n) is 2.32. The molecule has 0 aromatic carbocycles. The lowest BCUT2D eigenvalue weighted by molar-refractivity contribution is -0.132. The highest BCUT2D eigenvalue weighted by atomic mass is 16.4. The summed E-state index contributed by atoms with van der Waals surface area (Å²) >= 11 is 0. The first-order valence-electron chi connectivity index (χ1n) is 5.47. The summed E-state index contributed by atoms with van der Waals surface area (Å²) in [5.41, 5.74) is -0.141. The maximum Gasteiger partial charge on any atom is 0.346 e. The Balaban J connectivity index is 3.95. The third-order valence-corrected chi connectivity index (χ3v) is 2.32. The Bertz CT molecular complexity index is 263. The predicted molar refractivity (Wildman–Crippen MR) is 59.3 cm³/mol. The van der Waals surface area contributed by atoms with Crippen LogP contribution in [-0.2, 0) is 4.79 Å². The second-order valence-corrected chi connectivity index (χ2v) is 3.82. The summed E-state index contributed by atoms with van der Waals surface area (Å²) in [6, 6.07) is 1.70. The molecule has 1 unspecified atom stereocenters. The maximum absolute atomic E-state index is 10.6. The molecule has 0 saturated heterocycles. The van der Waals surface area contributed by atoms with Crippen LogP contribution in [-0.4, -0.2) is 11.1 Å². The molecule has 1 N–H and O–H groups in total. The Labute approximate surface area is 91.4 Å². The van der Waals surface area contributed by atoms with Crippen molar-refractivity contribution in [1.82, 2.24) is 0 Å². The summed E-state index contributed by atoms with van der Waals surface area (Å²) in [6.45, 7) is 4.10. The Morgan fingerprint density at radius 3 is 2.60 bits per heavy atom. The first-order chi connectivity index (χ1) is 7.11.